The van der Waals surface area contributed by atoms with Crippen molar-refractivity contribution in [1.82, 2.24) is 10.2 Å². The van der Waals surface area contributed by atoms with E-state index in [1.54, 1.807) is 0 Å². The van der Waals surface area contributed by atoms with Gasteiger partial charge in [0, 0.05) is 5.56 Å². The van der Waals surface area contributed by atoms with Crippen LogP contribution in [0.2, 0.25) is 5.02 Å². The number of nitrogen functional groups attached to an aromatic ring is 1. The first kappa shape index (κ1) is 13.2. The van der Waals surface area contributed by atoms with E-state index in [2.05, 4.69) is 10.2 Å². The fraction of sp³-hybridized carbons (Fsp3) is 0.167. The Morgan fingerprint density at radius 2 is 2.05 bits per heavy atom. The smallest absolute Gasteiger partial charge is 0.171 e. The summed E-state index contributed by atoms with van der Waals surface area (Å²) in [5.41, 5.74) is 7.19. The van der Waals surface area contributed by atoms with Crippen LogP contribution in [-0.4, -0.2) is 30.7 Å². The molecule has 0 bridgehead atoms. The molecule has 0 unspecified atom stereocenters. The Hall–Kier alpha value is -2.21. The highest BCUT2D eigenvalue weighted by molar-refractivity contribution is 6.34. The van der Waals surface area contributed by atoms with Crippen LogP contribution in [0, 0.1) is 0 Å². The molecule has 0 saturated carbocycles. The second kappa shape index (κ2) is 5.19. The SMILES string of the molecule is COc1c(C=O)cc(Cl)c(-c2cn[nH]c2N)c1OC. The lowest BCUT2D eigenvalue weighted by molar-refractivity contribution is 0.112. The van der Waals surface area contributed by atoms with Crippen LogP contribution >= 0.6 is 11.6 Å². The molecule has 0 saturated heterocycles. The molecule has 1 heterocycles. The lowest BCUT2D eigenvalue weighted by Gasteiger charge is -2.15. The predicted octanol–water partition coefficient (Wildman–Crippen LogP) is 2.14. The van der Waals surface area contributed by atoms with Gasteiger partial charge < -0.3 is 15.2 Å². The van der Waals surface area contributed by atoms with Crippen molar-refractivity contribution in [1.29, 1.82) is 0 Å². The molecule has 2 aromatic rings. The average Bonchev–Trinajstić information content (AvgIpc) is 2.83. The van der Waals surface area contributed by atoms with Crippen molar-refractivity contribution >= 4 is 23.7 Å². The van der Waals surface area contributed by atoms with Crippen LogP contribution in [0.25, 0.3) is 11.1 Å². The summed E-state index contributed by atoms with van der Waals surface area (Å²) in [4.78, 5) is 11.0. The number of carbonyl (C=O) groups is 1. The largest absolute Gasteiger partial charge is 0.492 e. The van der Waals surface area contributed by atoms with E-state index >= 15 is 0 Å². The number of anilines is 1. The maximum absolute atomic E-state index is 11.0. The Morgan fingerprint density at radius 3 is 2.53 bits per heavy atom. The van der Waals surface area contributed by atoms with Crippen molar-refractivity contribution in [2.45, 2.75) is 0 Å². The monoisotopic (exact) mass is 281 g/mol. The van der Waals surface area contributed by atoms with E-state index in [0.29, 0.717) is 45.3 Å². The molecule has 0 fully saturated rings. The normalized spacial score (nSPS) is 10.3. The third kappa shape index (κ3) is 2.10. The number of ether oxygens (including phenoxy) is 2. The Labute approximate surface area is 114 Å². The fourth-order valence-electron chi connectivity index (χ4n) is 1.87. The highest BCUT2D eigenvalue weighted by Crippen LogP contribution is 2.45. The van der Waals surface area contributed by atoms with Crippen LogP contribution in [0.5, 0.6) is 11.5 Å². The number of hydrogen-bond acceptors (Lipinski definition) is 5. The lowest BCUT2D eigenvalue weighted by atomic mass is 10.0. The van der Waals surface area contributed by atoms with E-state index in [1.165, 1.54) is 26.5 Å². The summed E-state index contributed by atoms with van der Waals surface area (Å²) in [6, 6.07) is 1.50. The molecule has 0 aliphatic rings. The third-order valence-electron chi connectivity index (χ3n) is 2.69. The molecule has 6 nitrogen and oxygen atoms in total. The number of carbonyl (C=O) groups excluding carboxylic acids is 1. The number of nitrogens with zero attached hydrogens (tertiary/aromatic N) is 1. The minimum Gasteiger partial charge on any atom is -0.492 e. The molecule has 2 rings (SSSR count). The van der Waals surface area contributed by atoms with E-state index in [9.17, 15) is 4.79 Å². The van der Waals surface area contributed by atoms with Gasteiger partial charge in [0.05, 0.1) is 36.6 Å². The highest BCUT2D eigenvalue weighted by Gasteiger charge is 2.22. The van der Waals surface area contributed by atoms with Gasteiger partial charge in [-0.3, -0.25) is 9.89 Å². The Balaban J connectivity index is 2.81. The molecular weight excluding hydrogens is 270 g/mol. The topological polar surface area (TPSA) is 90.2 Å². The minimum atomic E-state index is 0.301. The average molecular weight is 282 g/mol. The van der Waals surface area contributed by atoms with Crippen LogP contribution in [0.15, 0.2) is 12.3 Å². The van der Waals surface area contributed by atoms with Crippen LogP contribution < -0.4 is 15.2 Å². The first-order chi connectivity index (χ1) is 9.13. The second-order valence-corrected chi connectivity index (χ2v) is 4.11. The van der Waals surface area contributed by atoms with E-state index in [0.717, 1.165) is 0 Å². The third-order valence-corrected chi connectivity index (χ3v) is 2.99. The molecule has 0 amide bonds. The lowest BCUT2D eigenvalue weighted by Crippen LogP contribution is -1.99. The Kier molecular flexibility index (Phi) is 3.62. The van der Waals surface area contributed by atoms with E-state index in [-0.39, 0.29) is 0 Å². The number of aldehydes is 1. The molecule has 0 spiro atoms. The summed E-state index contributed by atoms with van der Waals surface area (Å²) in [5.74, 6) is 0.990. The molecule has 0 radical (unpaired) electrons. The zero-order chi connectivity index (χ0) is 14.0. The summed E-state index contributed by atoms with van der Waals surface area (Å²) >= 11 is 6.19. The number of halogens is 1. The van der Waals surface area contributed by atoms with Gasteiger partial charge >= 0.3 is 0 Å². The number of aromatic nitrogens is 2. The summed E-state index contributed by atoms with van der Waals surface area (Å²) in [6.07, 6.45) is 2.18. The van der Waals surface area contributed by atoms with Gasteiger partial charge in [0.2, 0.25) is 0 Å². The van der Waals surface area contributed by atoms with Crippen molar-refractivity contribution in [2.24, 2.45) is 0 Å². The molecule has 3 N–H and O–H groups in total. The zero-order valence-electron chi connectivity index (χ0n) is 10.4. The number of rotatable bonds is 4. The van der Waals surface area contributed by atoms with E-state index < -0.39 is 0 Å². The molecule has 100 valence electrons. The number of aromatic amines is 1. The molecule has 1 aromatic carbocycles. The van der Waals surface area contributed by atoms with Gasteiger partial charge in [-0.25, -0.2) is 0 Å². The molecular formula is C12H12ClN3O3. The first-order valence-corrected chi connectivity index (χ1v) is 5.70. The van der Waals surface area contributed by atoms with Gasteiger partial charge in [0.1, 0.15) is 5.82 Å². The zero-order valence-corrected chi connectivity index (χ0v) is 11.1. The maximum Gasteiger partial charge on any atom is 0.171 e. The molecule has 1 aromatic heterocycles. The van der Waals surface area contributed by atoms with Crippen molar-refractivity contribution in [3.05, 3.63) is 22.8 Å². The van der Waals surface area contributed by atoms with Crippen molar-refractivity contribution < 1.29 is 14.3 Å². The van der Waals surface area contributed by atoms with Gasteiger partial charge in [-0.05, 0) is 6.07 Å². The number of nitrogens with two attached hydrogens (primary N) is 1. The standard InChI is InChI=1S/C12H12ClN3O3/c1-18-10-6(5-17)3-8(13)9(11(10)19-2)7-4-15-16-12(7)14/h3-5H,1-2H3,(H3,14,15,16). The summed E-state index contributed by atoms with van der Waals surface area (Å²) < 4.78 is 10.5. The molecule has 0 aliphatic heterocycles. The summed E-state index contributed by atoms with van der Waals surface area (Å²) in [6.45, 7) is 0. The van der Waals surface area contributed by atoms with Gasteiger partial charge in [0.15, 0.2) is 17.8 Å². The quantitative estimate of drug-likeness (QED) is 0.838. The maximum atomic E-state index is 11.0. The Morgan fingerprint density at radius 1 is 1.37 bits per heavy atom. The fourth-order valence-corrected chi connectivity index (χ4v) is 2.17. The van der Waals surface area contributed by atoms with Crippen LogP contribution in [0.3, 0.4) is 0 Å². The van der Waals surface area contributed by atoms with Crippen LogP contribution in [-0.2, 0) is 0 Å². The summed E-state index contributed by atoms with van der Waals surface area (Å²) in [5, 5.41) is 6.78. The number of hydrogen-bond donors (Lipinski definition) is 2. The highest BCUT2D eigenvalue weighted by atomic mass is 35.5. The second-order valence-electron chi connectivity index (χ2n) is 3.70. The van der Waals surface area contributed by atoms with Crippen molar-refractivity contribution in [2.75, 3.05) is 20.0 Å². The van der Waals surface area contributed by atoms with Gasteiger partial charge in [0.25, 0.3) is 0 Å². The van der Waals surface area contributed by atoms with Gasteiger partial charge in [-0.15, -0.1) is 0 Å². The van der Waals surface area contributed by atoms with Gasteiger partial charge in [-0.1, -0.05) is 11.6 Å². The number of benzene rings is 1. The van der Waals surface area contributed by atoms with Crippen molar-refractivity contribution in [3.8, 4) is 22.6 Å². The van der Waals surface area contributed by atoms with Gasteiger partial charge in [-0.2, -0.15) is 5.10 Å². The molecule has 0 atom stereocenters. The minimum absolute atomic E-state index is 0.301. The number of H-pyrrole nitrogens is 1. The van der Waals surface area contributed by atoms with Crippen LogP contribution in [0.1, 0.15) is 10.4 Å². The van der Waals surface area contributed by atoms with Crippen LogP contribution in [0.4, 0.5) is 5.82 Å². The predicted molar refractivity (Wildman–Crippen MR) is 71.9 cm³/mol. The molecule has 7 heteroatoms. The summed E-state index contributed by atoms with van der Waals surface area (Å²) in [7, 11) is 2.91. The number of methoxy groups -OCH3 is 2. The Bertz CT molecular complexity index is 625. The van der Waals surface area contributed by atoms with E-state index in [4.69, 9.17) is 26.8 Å². The first-order valence-electron chi connectivity index (χ1n) is 5.32. The van der Waals surface area contributed by atoms with E-state index in [1.807, 2.05) is 0 Å². The number of nitrogens with one attached hydrogen (secondary N) is 1. The molecule has 19 heavy (non-hydrogen) atoms. The van der Waals surface area contributed by atoms with Crippen molar-refractivity contribution in [3.63, 3.8) is 0 Å². The molecule has 0 aliphatic carbocycles.